The third-order valence-corrected chi connectivity index (χ3v) is 4.47. The fourth-order valence-corrected chi connectivity index (χ4v) is 2.96. The average molecular weight is 385 g/mol. The van der Waals surface area contributed by atoms with Gasteiger partial charge in [-0.3, -0.25) is 4.79 Å². The third kappa shape index (κ3) is 3.46. The van der Waals surface area contributed by atoms with Gasteiger partial charge in [0.15, 0.2) is 5.76 Å². The number of ketones is 1. The van der Waals surface area contributed by atoms with E-state index in [2.05, 4.69) is 0 Å². The molecule has 0 amide bonds. The van der Waals surface area contributed by atoms with Crippen LogP contribution in [-0.2, 0) is 6.61 Å². The summed E-state index contributed by atoms with van der Waals surface area (Å²) in [5, 5.41) is 0.293. The van der Waals surface area contributed by atoms with Crippen molar-refractivity contribution in [1.29, 1.82) is 0 Å². The van der Waals surface area contributed by atoms with Crippen LogP contribution in [0, 0.1) is 12.7 Å². The quantitative estimate of drug-likeness (QED) is 0.551. The SMILES string of the molecule is Cc1ccc(/C=C2/Oc3cc(OCc4c(F)cccc4Cl)ccc3C2=O)o1. The summed E-state index contributed by atoms with van der Waals surface area (Å²) in [6.45, 7) is 1.78. The van der Waals surface area contributed by atoms with Crippen LogP contribution in [0.25, 0.3) is 6.08 Å². The molecule has 2 heterocycles. The van der Waals surface area contributed by atoms with E-state index in [1.54, 1.807) is 42.5 Å². The molecule has 0 spiro atoms. The lowest BCUT2D eigenvalue weighted by Crippen LogP contribution is -1.99. The van der Waals surface area contributed by atoms with Gasteiger partial charge >= 0.3 is 0 Å². The molecule has 1 aliphatic heterocycles. The van der Waals surface area contributed by atoms with E-state index in [4.69, 9.17) is 25.5 Å². The van der Waals surface area contributed by atoms with Crippen molar-refractivity contribution in [3.63, 3.8) is 0 Å². The zero-order valence-corrected chi connectivity index (χ0v) is 15.0. The molecule has 0 radical (unpaired) electrons. The normalized spacial score (nSPS) is 14.3. The summed E-state index contributed by atoms with van der Waals surface area (Å²) in [5.74, 6) is 1.61. The van der Waals surface area contributed by atoms with Gasteiger partial charge in [-0.2, -0.15) is 0 Å². The standard InChI is InChI=1S/C21H14ClFO4/c1-12-5-6-14(26-12)10-20-21(24)15-8-7-13(9-19(15)27-20)25-11-16-17(22)3-2-4-18(16)23/h2-10H,11H2,1H3/b20-10+. The Bertz CT molecular complexity index is 1050. The Hall–Kier alpha value is -3.05. The van der Waals surface area contributed by atoms with Gasteiger partial charge in [-0.05, 0) is 43.3 Å². The van der Waals surface area contributed by atoms with E-state index in [9.17, 15) is 9.18 Å². The molecule has 1 aromatic heterocycles. The lowest BCUT2D eigenvalue weighted by atomic mass is 10.1. The second-order valence-corrected chi connectivity index (χ2v) is 6.44. The van der Waals surface area contributed by atoms with Crippen molar-refractivity contribution in [3.05, 3.63) is 87.8 Å². The molecule has 4 nitrogen and oxygen atoms in total. The number of fused-ring (bicyclic) bond motifs is 1. The van der Waals surface area contributed by atoms with Crippen LogP contribution in [0.5, 0.6) is 11.5 Å². The van der Waals surface area contributed by atoms with Crippen LogP contribution < -0.4 is 9.47 Å². The predicted octanol–water partition coefficient (Wildman–Crippen LogP) is 5.58. The minimum Gasteiger partial charge on any atom is -0.489 e. The van der Waals surface area contributed by atoms with Gasteiger partial charge in [-0.15, -0.1) is 0 Å². The highest BCUT2D eigenvalue weighted by molar-refractivity contribution is 6.31. The van der Waals surface area contributed by atoms with Crippen molar-refractivity contribution in [1.82, 2.24) is 0 Å². The predicted molar refractivity (Wildman–Crippen MR) is 98.6 cm³/mol. The Morgan fingerprint density at radius 1 is 1.19 bits per heavy atom. The number of Topliss-reactive ketones (excluding diaryl/α,β-unsaturated/α-hetero) is 1. The lowest BCUT2D eigenvalue weighted by molar-refractivity contribution is 0.101. The van der Waals surface area contributed by atoms with Gasteiger partial charge in [-0.25, -0.2) is 4.39 Å². The highest BCUT2D eigenvalue weighted by Crippen LogP contribution is 2.35. The summed E-state index contributed by atoms with van der Waals surface area (Å²) in [5.41, 5.74) is 0.700. The Balaban J connectivity index is 1.53. The highest BCUT2D eigenvalue weighted by atomic mass is 35.5. The number of halogens is 2. The average Bonchev–Trinajstić information content (AvgIpc) is 3.18. The number of aryl methyl sites for hydroxylation is 1. The number of furan rings is 1. The van der Waals surface area contributed by atoms with E-state index in [0.29, 0.717) is 27.8 Å². The van der Waals surface area contributed by atoms with E-state index >= 15 is 0 Å². The Morgan fingerprint density at radius 2 is 2.04 bits per heavy atom. The van der Waals surface area contributed by atoms with Crippen molar-refractivity contribution < 1.29 is 23.1 Å². The summed E-state index contributed by atoms with van der Waals surface area (Å²) >= 11 is 6.00. The smallest absolute Gasteiger partial charge is 0.232 e. The van der Waals surface area contributed by atoms with Crippen molar-refractivity contribution in [2.24, 2.45) is 0 Å². The number of ether oxygens (including phenoxy) is 2. The number of carbonyl (C=O) groups excluding carboxylic acids is 1. The molecule has 3 aromatic rings. The van der Waals surface area contributed by atoms with Gasteiger partial charge in [-0.1, -0.05) is 17.7 Å². The number of allylic oxidation sites excluding steroid dienone is 1. The van der Waals surface area contributed by atoms with Crippen LogP contribution >= 0.6 is 11.6 Å². The zero-order valence-electron chi connectivity index (χ0n) is 14.3. The van der Waals surface area contributed by atoms with Gasteiger partial charge in [0.05, 0.1) is 10.6 Å². The Kier molecular flexibility index (Phi) is 4.46. The molecule has 27 heavy (non-hydrogen) atoms. The molecule has 136 valence electrons. The molecule has 4 rings (SSSR count). The summed E-state index contributed by atoms with van der Waals surface area (Å²) < 4.78 is 30.5. The molecule has 6 heteroatoms. The van der Waals surface area contributed by atoms with Crippen LogP contribution in [0.1, 0.15) is 27.4 Å². The lowest BCUT2D eigenvalue weighted by Gasteiger charge is -2.09. The molecule has 0 unspecified atom stereocenters. The van der Waals surface area contributed by atoms with Gasteiger partial charge in [0, 0.05) is 17.7 Å². The molecule has 0 saturated carbocycles. The van der Waals surface area contributed by atoms with Crippen molar-refractivity contribution >= 4 is 23.5 Å². The van der Waals surface area contributed by atoms with E-state index in [-0.39, 0.29) is 23.7 Å². The summed E-state index contributed by atoms with van der Waals surface area (Å²) in [6, 6.07) is 12.9. The van der Waals surface area contributed by atoms with Crippen LogP contribution in [0.15, 0.2) is 58.7 Å². The van der Waals surface area contributed by atoms with Crippen LogP contribution in [-0.4, -0.2) is 5.78 Å². The third-order valence-electron chi connectivity index (χ3n) is 4.12. The van der Waals surface area contributed by atoms with E-state index in [1.165, 1.54) is 12.1 Å². The van der Waals surface area contributed by atoms with Gasteiger partial charge in [0.1, 0.15) is 35.4 Å². The number of hydrogen-bond donors (Lipinski definition) is 0. The maximum Gasteiger partial charge on any atom is 0.232 e. The van der Waals surface area contributed by atoms with E-state index < -0.39 is 5.82 Å². The number of benzene rings is 2. The summed E-state index contributed by atoms with van der Waals surface area (Å²) in [7, 11) is 0. The van der Waals surface area contributed by atoms with Gasteiger partial charge < -0.3 is 13.9 Å². The molecule has 0 aliphatic carbocycles. The first-order valence-corrected chi connectivity index (χ1v) is 8.59. The maximum absolute atomic E-state index is 13.8. The molecule has 2 aromatic carbocycles. The first-order chi connectivity index (χ1) is 13.0. The number of hydrogen-bond acceptors (Lipinski definition) is 4. The fourth-order valence-electron chi connectivity index (χ4n) is 2.74. The molecule has 0 bridgehead atoms. The molecule has 1 aliphatic rings. The van der Waals surface area contributed by atoms with E-state index in [0.717, 1.165) is 5.76 Å². The van der Waals surface area contributed by atoms with Crippen LogP contribution in [0.3, 0.4) is 0 Å². The molecule has 0 atom stereocenters. The zero-order chi connectivity index (χ0) is 19.0. The minimum absolute atomic E-state index is 0.0351. The van der Waals surface area contributed by atoms with Gasteiger partial charge in [0.2, 0.25) is 5.78 Å². The molecule has 0 N–H and O–H groups in total. The fraction of sp³-hybridized carbons (Fsp3) is 0.0952. The summed E-state index contributed by atoms with van der Waals surface area (Å²) in [6.07, 6.45) is 1.55. The molecular weight excluding hydrogens is 371 g/mol. The molecular formula is C21H14ClFO4. The molecule has 0 saturated heterocycles. The first-order valence-electron chi connectivity index (χ1n) is 8.22. The number of rotatable bonds is 4. The Morgan fingerprint density at radius 3 is 2.78 bits per heavy atom. The van der Waals surface area contributed by atoms with Crippen molar-refractivity contribution in [2.75, 3.05) is 0 Å². The topological polar surface area (TPSA) is 48.7 Å². The Labute approximate surface area is 159 Å². The maximum atomic E-state index is 13.8. The van der Waals surface area contributed by atoms with Gasteiger partial charge in [0.25, 0.3) is 0 Å². The van der Waals surface area contributed by atoms with Crippen LogP contribution in [0.4, 0.5) is 4.39 Å². The van der Waals surface area contributed by atoms with E-state index in [1.807, 2.05) is 6.92 Å². The monoisotopic (exact) mass is 384 g/mol. The second kappa shape index (κ2) is 6.93. The first kappa shape index (κ1) is 17.4. The van der Waals surface area contributed by atoms with Crippen molar-refractivity contribution in [3.8, 4) is 11.5 Å². The number of carbonyl (C=O) groups is 1. The van der Waals surface area contributed by atoms with Crippen LogP contribution in [0.2, 0.25) is 5.02 Å². The molecule has 0 fully saturated rings. The minimum atomic E-state index is -0.436. The van der Waals surface area contributed by atoms with Crippen molar-refractivity contribution in [2.45, 2.75) is 13.5 Å². The summed E-state index contributed by atoms with van der Waals surface area (Å²) in [4.78, 5) is 12.4. The second-order valence-electron chi connectivity index (χ2n) is 6.04. The largest absolute Gasteiger partial charge is 0.489 e. The highest BCUT2D eigenvalue weighted by Gasteiger charge is 2.28.